The second-order valence-corrected chi connectivity index (χ2v) is 2.71. The Balaban J connectivity index is 2.99. The number of hydrogen-bond acceptors (Lipinski definition) is 2. The molecule has 2 aromatic heterocycles. The minimum Gasteiger partial charge on any atom is -0.397 e. The summed E-state index contributed by atoms with van der Waals surface area (Å²) in [6.07, 6.45) is 4.42. The molecule has 2 heterocycles. The highest BCUT2D eigenvalue weighted by molar-refractivity contribution is 5.91. The Morgan fingerprint density at radius 2 is 2.25 bits per heavy atom. The molecule has 0 aliphatic carbocycles. The molecule has 2 aromatic rings. The van der Waals surface area contributed by atoms with Crippen LogP contribution in [0.4, 0.5) is 10.1 Å². The second-order valence-electron chi connectivity index (χ2n) is 2.71. The lowest BCUT2D eigenvalue weighted by Gasteiger charge is -1.95. The lowest BCUT2D eigenvalue weighted by atomic mass is 10.3. The number of aromatic nitrogens is 2. The first kappa shape index (κ1) is 7.09. The van der Waals surface area contributed by atoms with Gasteiger partial charge < -0.3 is 10.3 Å². The SMILES string of the molecule is Cn1cc(N)c2cncc(F)c21. The number of halogens is 1. The van der Waals surface area contributed by atoms with E-state index in [1.165, 1.54) is 6.20 Å². The van der Waals surface area contributed by atoms with Crippen LogP contribution in [0.25, 0.3) is 10.9 Å². The van der Waals surface area contributed by atoms with Crippen molar-refractivity contribution in [3.63, 3.8) is 0 Å². The smallest absolute Gasteiger partial charge is 0.165 e. The predicted octanol–water partition coefficient (Wildman–Crippen LogP) is 1.29. The molecule has 0 radical (unpaired) electrons. The van der Waals surface area contributed by atoms with Gasteiger partial charge in [0.1, 0.15) is 0 Å². The summed E-state index contributed by atoms with van der Waals surface area (Å²) in [6, 6.07) is 0. The summed E-state index contributed by atoms with van der Waals surface area (Å²) >= 11 is 0. The molecule has 12 heavy (non-hydrogen) atoms. The van der Waals surface area contributed by atoms with Gasteiger partial charge in [0.05, 0.1) is 17.4 Å². The maximum Gasteiger partial charge on any atom is 0.165 e. The summed E-state index contributed by atoms with van der Waals surface area (Å²) in [6.45, 7) is 0. The Morgan fingerprint density at radius 3 is 2.92 bits per heavy atom. The zero-order valence-corrected chi connectivity index (χ0v) is 6.58. The van der Waals surface area contributed by atoms with Crippen LogP contribution < -0.4 is 5.73 Å². The molecule has 0 fully saturated rings. The van der Waals surface area contributed by atoms with Gasteiger partial charge in [-0.15, -0.1) is 0 Å². The minimum absolute atomic E-state index is 0.341. The van der Waals surface area contributed by atoms with Crippen molar-refractivity contribution in [3.8, 4) is 0 Å². The zero-order valence-electron chi connectivity index (χ0n) is 6.58. The Morgan fingerprint density at radius 1 is 1.50 bits per heavy atom. The highest BCUT2D eigenvalue weighted by Crippen LogP contribution is 2.23. The second kappa shape index (κ2) is 2.20. The number of pyridine rings is 1. The van der Waals surface area contributed by atoms with Gasteiger partial charge in [0.2, 0.25) is 0 Å². The van der Waals surface area contributed by atoms with E-state index < -0.39 is 0 Å². The molecule has 0 amide bonds. The first-order valence-electron chi connectivity index (χ1n) is 3.54. The van der Waals surface area contributed by atoms with E-state index in [0.29, 0.717) is 16.6 Å². The molecule has 0 aromatic carbocycles. The van der Waals surface area contributed by atoms with Crippen LogP contribution in [0.5, 0.6) is 0 Å². The Bertz CT molecular complexity index is 433. The molecular formula is C8H8FN3. The fourth-order valence-electron chi connectivity index (χ4n) is 1.34. The van der Waals surface area contributed by atoms with E-state index in [1.807, 2.05) is 0 Å². The van der Waals surface area contributed by atoms with Crippen LogP contribution in [0, 0.1) is 5.82 Å². The topological polar surface area (TPSA) is 43.8 Å². The van der Waals surface area contributed by atoms with Crippen molar-refractivity contribution in [1.29, 1.82) is 0 Å². The third kappa shape index (κ3) is 0.777. The summed E-state index contributed by atoms with van der Waals surface area (Å²) in [5, 5.41) is 0.664. The van der Waals surface area contributed by atoms with E-state index >= 15 is 0 Å². The summed E-state index contributed by atoms with van der Waals surface area (Å²) in [7, 11) is 1.75. The summed E-state index contributed by atoms with van der Waals surface area (Å²) in [5.74, 6) is -0.341. The number of nitrogens with zero attached hydrogens (tertiary/aromatic N) is 2. The van der Waals surface area contributed by atoms with E-state index in [1.54, 1.807) is 24.0 Å². The van der Waals surface area contributed by atoms with E-state index in [-0.39, 0.29) is 5.82 Å². The van der Waals surface area contributed by atoms with Crippen LogP contribution in [0.2, 0.25) is 0 Å². The molecule has 0 bridgehead atoms. The van der Waals surface area contributed by atoms with Crippen LogP contribution in [-0.4, -0.2) is 9.55 Å². The van der Waals surface area contributed by atoms with Gasteiger partial charge in [-0.2, -0.15) is 0 Å². The van der Waals surface area contributed by atoms with Crippen molar-refractivity contribution in [2.24, 2.45) is 7.05 Å². The molecule has 2 rings (SSSR count). The number of fused-ring (bicyclic) bond motifs is 1. The van der Waals surface area contributed by atoms with E-state index in [2.05, 4.69) is 4.98 Å². The van der Waals surface area contributed by atoms with Gasteiger partial charge in [-0.05, 0) is 0 Å². The highest BCUT2D eigenvalue weighted by atomic mass is 19.1. The number of anilines is 1. The fraction of sp³-hybridized carbons (Fsp3) is 0.125. The van der Waals surface area contributed by atoms with Gasteiger partial charge in [-0.25, -0.2) is 4.39 Å². The van der Waals surface area contributed by atoms with Gasteiger partial charge in [0.15, 0.2) is 5.82 Å². The number of rotatable bonds is 0. The number of hydrogen-bond donors (Lipinski definition) is 1. The summed E-state index contributed by atoms with van der Waals surface area (Å²) < 4.78 is 14.8. The van der Waals surface area contributed by atoms with Gasteiger partial charge in [0.25, 0.3) is 0 Å². The van der Waals surface area contributed by atoms with Gasteiger partial charge >= 0.3 is 0 Å². The maximum absolute atomic E-state index is 13.1. The summed E-state index contributed by atoms with van der Waals surface area (Å²) in [5.41, 5.74) is 6.68. The molecular weight excluding hydrogens is 157 g/mol. The Kier molecular flexibility index (Phi) is 1.30. The van der Waals surface area contributed by atoms with Gasteiger partial charge in [0, 0.05) is 24.8 Å². The normalized spacial score (nSPS) is 10.8. The Labute approximate surface area is 68.6 Å². The average molecular weight is 165 g/mol. The van der Waals surface area contributed by atoms with Crippen LogP contribution in [0.15, 0.2) is 18.6 Å². The molecule has 2 N–H and O–H groups in total. The quantitative estimate of drug-likeness (QED) is 0.639. The molecule has 0 atom stereocenters. The largest absolute Gasteiger partial charge is 0.397 e. The maximum atomic E-state index is 13.1. The molecule has 4 heteroatoms. The van der Waals surface area contributed by atoms with Crippen LogP contribution in [-0.2, 0) is 7.05 Å². The van der Waals surface area contributed by atoms with E-state index in [4.69, 9.17) is 5.73 Å². The van der Waals surface area contributed by atoms with E-state index in [9.17, 15) is 4.39 Å². The van der Waals surface area contributed by atoms with Crippen molar-refractivity contribution < 1.29 is 4.39 Å². The summed E-state index contributed by atoms with van der Waals surface area (Å²) in [4.78, 5) is 3.72. The van der Waals surface area contributed by atoms with Gasteiger partial charge in [-0.1, -0.05) is 0 Å². The van der Waals surface area contributed by atoms with Crippen molar-refractivity contribution in [2.45, 2.75) is 0 Å². The first-order valence-corrected chi connectivity index (χ1v) is 3.54. The van der Waals surface area contributed by atoms with Crippen molar-refractivity contribution in [2.75, 3.05) is 5.73 Å². The molecule has 0 saturated carbocycles. The zero-order chi connectivity index (χ0) is 8.72. The van der Waals surface area contributed by atoms with Crippen LogP contribution in [0.1, 0.15) is 0 Å². The lowest BCUT2D eigenvalue weighted by molar-refractivity contribution is 0.626. The molecule has 0 spiro atoms. The van der Waals surface area contributed by atoms with Crippen molar-refractivity contribution >= 4 is 16.6 Å². The third-order valence-electron chi connectivity index (χ3n) is 1.87. The first-order chi connectivity index (χ1) is 5.70. The molecule has 0 aliphatic heterocycles. The number of aryl methyl sites for hydroxylation is 1. The van der Waals surface area contributed by atoms with Crippen LogP contribution >= 0.6 is 0 Å². The molecule has 0 saturated heterocycles. The van der Waals surface area contributed by atoms with Crippen molar-refractivity contribution in [3.05, 3.63) is 24.4 Å². The van der Waals surface area contributed by atoms with Crippen molar-refractivity contribution in [1.82, 2.24) is 9.55 Å². The third-order valence-corrected chi connectivity index (χ3v) is 1.87. The fourth-order valence-corrected chi connectivity index (χ4v) is 1.34. The number of nitrogen functional groups attached to an aromatic ring is 1. The monoisotopic (exact) mass is 165 g/mol. The predicted molar refractivity (Wildman–Crippen MR) is 45.1 cm³/mol. The Hall–Kier alpha value is -1.58. The highest BCUT2D eigenvalue weighted by Gasteiger charge is 2.07. The molecule has 3 nitrogen and oxygen atoms in total. The average Bonchev–Trinajstić information content (AvgIpc) is 2.29. The number of nitrogens with two attached hydrogens (primary N) is 1. The van der Waals surface area contributed by atoms with E-state index in [0.717, 1.165) is 0 Å². The lowest BCUT2D eigenvalue weighted by Crippen LogP contribution is -1.88. The van der Waals surface area contributed by atoms with Gasteiger partial charge in [-0.3, -0.25) is 4.98 Å². The van der Waals surface area contributed by atoms with Crippen LogP contribution in [0.3, 0.4) is 0 Å². The minimum atomic E-state index is -0.341. The standard InChI is InChI=1S/C8H8FN3/c1-12-4-7(10)5-2-11-3-6(9)8(5)12/h2-4H,10H2,1H3. The molecule has 62 valence electrons. The molecule has 0 aliphatic rings. The molecule has 0 unspecified atom stereocenters.